The molecule has 0 radical (unpaired) electrons. The molecule has 0 fully saturated rings. The molecule has 0 aliphatic carbocycles. The van der Waals surface area contributed by atoms with Crippen LogP contribution in [0.15, 0.2) is 54.6 Å². The zero-order valence-electron chi connectivity index (χ0n) is 18.1. The second-order valence-electron chi connectivity index (χ2n) is 7.26. The highest BCUT2D eigenvalue weighted by molar-refractivity contribution is 6.01. The maximum absolute atomic E-state index is 12.3. The molecule has 1 aliphatic rings. The highest BCUT2D eigenvalue weighted by atomic mass is 16.5. The van der Waals surface area contributed by atoms with Crippen molar-refractivity contribution in [1.82, 2.24) is 5.32 Å². The smallest absolute Gasteiger partial charge is 0.326 e. The lowest BCUT2D eigenvalue weighted by atomic mass is 10.00. The van der Waals surface area contributed by atoms with Crippen LogP contribution in [0.3, 0.4) is 0 Å². The Labute approximate surface area is 183 Å². The number of benzene rings is 2. The number of anilines is 1. The molecule has 0 saturated heterocycles. The highest BCUT2D eigenvalue weighted by Crippen LogP contribution is 2.30. The number of carbonyl (C=O) groups excluding carboxylic acids is 2. The van der Waals surface area contributed by atoms with Crippen LogP contribution in [0.5, 0.6) is 11.5 Å². The highest BCUT2D eigenvalue weighted by Gasteiger charge is 2.20. The summed E-state index contributed by atoms with van der Waals surface area (Å²) in [6.07, 6.45) is 3.09. The Balaban J connectivity index is 1.49. The quantitative estimate of drug-likeness (QED) is 0.608. The summed E-state index contributed by atoms with van der Waals surface area (Å²) >= 11 is 0. The first-order valence-electron chi connectivity index (χ1n) is 10.7. The van der Waals surface area contributed by atoms with Crippen LogP contribution in [0.2, 0.25) is 0 Å². The molecule has 31 heavy (non-hydrogen) atoms. The number of hydrogen-bond donors (Lipinski definition) is 3. The predicted molar refractivity (Wildman–Crippen MR) is 121 cm³/mol. The van der Waals surface area contributed by atoms with E-state index >= 15 is 0 Å². The number of urea groups is 1. The summed E-state index contributed by atoms with van der Waals surface area (Å²) in [5.74, 6) is 0.857. The van der Waals surface area contributed by atoms with Gasteiger partial charge in [0.25, 0.3) is 5.91 Å². The van der Waals surface area contributed by atoms with E-state index in [4.69, 9.17) is 9.47 Å². The Hall–Kier alpha value is -3.32. The lowest BCUT2D eigenvalue weighted by Gasteiger charge is -2.23. The van der Waals surface area contributed by atoms with Crippen LogP contribution >= 0.6 is 0 Å². The fraction of sp³-hybridized carbons (Fsp3) is 0.333. The van der Waals surface area contributed by atoms with Gasteiger partial charge in [-0.05, 0) is 43.2 Å². The van der Waals surface area contributed by atoms with Crippen LogP contribution in [-0.2, 0) is 4.79 Å². The summed E-state index contributed by atoms with van der Waals surface area (Å²) in [6, 6.07) is 14.8. The van der Waals surface area contributed by atoms with Gasteiger partial charge in [-0.3, -0.25) is 10.1 Å². The van der Waals surface area contributed by atoms with E-state index in [2.05, 4.69) is 28.8 Å². The molecule has 0 saturated carbocycles. The maximum atomic E-state index is 12.3. The maximum Gasteiger partial charge on any atom is 0.326 e. The van der Waals surface area contributed by atoms with Gasteiger partial charge in [0.05, 0.1) is 26.3 Å². The number of imide groups is 1. The van der Waals surface area contributed by atoms with Crippen LogP contribution in [0, 0.1) is 0 Å². The first kappa shape index (κ1) is 22.4. The van der Waals surface area contributed by atoms with Crippen LogP contribution in [-0.4, -0.2) is 44.8 Å². The van der Waals surface area contributed by atoms with E-state index in [9.17, 15) is 9.59 Å². The number of nitrogens with one attached hydrogen (secondary N) is 3. The van der Waals surface area contributed by atoms with Gasteiger partial charge in [-0.25, -0.2) is 4.79 Å². The first-order chi connectivity index (χ1) is 15.1. The molecular weight excluding hydrogens is 394 g/mol. The second kappa shape index (κ2) is 11.2. The molecule has 3 amide bonds. The van der Waals surface area contributed by atoms with Gasteiger partial charge in [0.15, 0.2) is 18.0 Å². The standard InChI is InChI=1S/C24H29N3O4/c1-3-30-21-11-10-20(16-22(21)31-4-2)25-24(29)26-23(28)17-27-14-12-19(13-15-27)18-8-6-5-7-9-18/h5-12,16H,3-4,13-15,17H2,1-2H3,(H2,25,26,28,29)/p+1. The normalized spacial score (nSPS) is 15.5. The van der Waals surface area contributed by atoms with Crippen molar-refractivity contribution < 1.29 is 24.0 Å². The summed E-state index contributed by atoms with van der Waals surface area (Å²) < 4.78 is 11.1. The average Bonchev–Trinajstić information content (AvgIpc) is 2.77. The Morgan fingerprint density at radius 2 is 1.74 bits per heavy atom. The SMILES string of the molecule is CCOc1ccc(NC(=O)NC(=O)C[NH+]2CC=C(c3ccccc3)CC2)cc1OCC. The van der Waals surface area contributed by atoms with Gasteiger partial charge in [-0.15, -0.1) is 0 Å². The molecule has 3 rings (SSSR count). The van der Waals surface area contributed by atoms with Gasteiger partial charge >= 0.3 is 6.03 Å². The number of ether oxygens (including phenoxy) is 2. The van der Waals surface area contributed by atoms with Gasteiger partial charge in [0.1, 0.15) is 0 Å². The molecule has 3 N–H and O–H groups in total. The van der Waals surface area contributed by atoms with E-state index in [-0.39, 0.29) is 12.5 Å². The molecule has 7 nitrogen and oxygen atoms in total. The topological polar surface area (TPSA) is 81.1 Å². The van der Waals surface area contributed by atoms with Crippen molar-refractivity contribution in [3.8, 4) is 11.5 Å². The molecule has 0 aromatic heterocycles. The zero-order chi connectivity index (χ0) is 22.1. The zero-order valence-corrected chi connectivity index (χ0v) is 18.1. The van der Waals surface area contributed by atoms with Crippen molar-refractivity contribution in [3.63, 3.8) is 0 Å². The molecule has 1 aliphatic heterocycles. The van der Waals surface area contributed by atoms with Crippen molar-refractivity contribution >= 4 is 23.2 Å². The van der Waals surface area contributed by atoms with E-state index in [1.54, 1.807) is 18.2 Å². The lowest BCUT2D eigenvalue weighted by Crippen LogP contribution is -3.13. The van der Waals surface area contributed by atoms with Crippen LogP contribution < -0.4 is 25.0 Å². The molecule has 0 spiro atoms. The van der Waals surface area contributed by atoms with Gasteiger partial charge in [-0.1, -0.05) is 30.3 Å². The summed E-state index contributed by atoms with van der Waals surface area (Å²) in [7, 11) is 0. The summed E-state index contributed by atoms with van der Waals surface area (Å²) in [4.78, 5) is 25.7. The van der Waals surface area contributed by atoms with Gasteiger partial charge in [0, 0.05) is 18.2 Å². The Morgan fingerprint density at radius 3 is 2.42 bits per heavy atom. The summed E-state index contributed by atoms with van der Waals surface area (Å²) in [5.41, 5.74) is 3.06. The largest absolute Gasteiger partial charge is 0.490 e. The minimum Gasteiger partial charge on any atom is -0.490 e. The number of hydrogen-bond acceptors (Lipinski definition) is 4. The summed E-state index contributed by atoms with van der Waals surface area (Å²) in [5, 5.41) is 5.09. The van der Waals surface area contributed by atoms with Gasteiger partial charge in [-0.2, -0.15) is 0 Å². The number of amides is 3. The van der Waals surface area contributed by atoms with E-state index in [0.29, 0.717) is 30.4 Å². The second-order valence-corrected chi connectivity index (χ2v) is 7.26. The van der Waals surface area contributed by atoms with E-state index < -0.39 is 6.03 Å². The Kier molecular flexibility index (Phi) is 8.06. The molecule has 1 atom stereocenters. The molecule has 0 bridgehead atoms. The monoisotopic (exact) mass is 424 g/mol. The number of rotatable bonds is 8. The first-order valence-corrected chi connectivity index (χ1v) is 10.7. The molecule has 2 aromatic carbocycles. The minimum absolute atomic E-state index is 0.249. The Bertz CT molecular complexity index is 928. The van der Waals surface area contributed by atoms with E-state index in [0.717, 1.165) is 24.4 Å². The van der Waals surface area contributed by atoms with Gasteiger partial charge in [0.2, 0.25) is 0 Å². The third-order valence-electron chi connectivity index (χ3n) is 4.99. The average molecular weight is 425 g/mol. The molecule has 1 heterocycles. The molecular formula is C24H30N3O4+. The van der Waals surface area contributed by atoms with Crippen LogP contribution in [0.1, 0.15) is 25.8 Å². The van der Waals surface area contributed by atoms with Crippen molar-refractivity contribution in [3.05, 3.63) is 60.2 Å². The van der Waals surface area contributed by atoms with Crippen LogP contribution in [0.4, 0.5) is 10.5 Å². The molecule has 2 aromatic rings. The van der Waals surface area contributed by atoms with Gasteiger partial charge < -0.3 is 19.7 Å². The van der Waals surface area contributed by atoms with E-state index in [1.165, 1.54) is 11.1 Å². The van der Waals surface area contributed by atoms with E-state index in [1.807, 2.05) is 32.0 Å². The minimum atomic E-state index is -0.562. The number of quaternary nitrogens is 1. The Morgan fingerprint density at radius 1 is 1.00 bits per heavy atom. The third-order valence-corrected chi connectivity index (χ3v) is 4.99. The summed E-state index contributed by atoms with van der Waals surface area (Å²) in [6.45, 7) is 6.63. The molecule has 7 heteroatoms. The fourth-order valence-electron chi connectivity index (χ4n) is 3.55. The van der Waals surface area contributed by atoms with Crippen molar-refractivity contribution in [2.45, 2.75) is 20.3 Å². The fourth-order valence-corrected chi connectivity index (χ4v) is 3.55. The van der Waals surface area contributed by atoms with Crippen molar-refractivity contribution in [2.24, 2.45) is 0 Å². The lowest BCUT2D eigenvalue weighted by molar-refractivity contribution is -0.886. The third kappa shape index (κ3) is 6.58. The number of carbonyl (C=O) groups is 2. The predicted octanol–water partition coefficient (Wildman–Crippen LogP) is 2.50. The molecule has 1 unspecified atom stereocenters. The van der Waals surface area contributed by atoms with Crippen LogP contribution in [0.25, 0.3) is 5.57 Å². The van der Waals surface area contributed by atoms with Crippen molar-refractivity contribution in [1.29, 1.82) is 0 Å². The van der Waals surface area contributed by atoms with Crippen molar-refractivity contribution in [2.75, 3.05) is 38.2 Å². The molecule has 164 valence electrons.